The Morgan fingerprint density at radius 3 is 2.36 bits per heavy atom. The largest absolute Gasteiger partial charge is 0.448 e. The lowest BCUT2D eigenvalue weighted by molar-refractivity contribution is 0.0764. The second-order valence-electron chi connectivity index (χ2n) is 6.46. The maximum Gasteiger partial charge on any atom is 0.410 e. The molecule has 0 radical (unpaired) electrons. The van der Waals surface area contributed by atoms with Crippen molar-refractivity contribution in [2.75, 3.05) is 19.8 Å². The van der Waals surface area contributed by atoms with Crippen molar-refractivity contribution >= 4 is 6.09 Å². The summed E-state index contributed by atoms with van der Waals surface area (Å²) >= 11 is 0. The lowest BCUT2D eigenvalue weighted by Gasteiger charge is -2.30. The minimum Gasteiger partial charge on any atom is -0.448 e. The number of hydrogen-bond donors (Lipinski definition) is 1. The second kappa shape index (κ2) is 6.73. The van der Waals surface area contributed by atoms with E-state index in [1.165, 1.54) is 22.3 Å². The first-order valence-electron chi connectivity index (χ1n) is 8.68. The Kier molecular flexibility index (Phi) is 4.28. The average Bonchev–Trinajstić information content (AvgIpc) is 3.00. The predicted octanol–water partition coefficient (Wildman–Crippen LogP) is 3.56. The summed E-state index contributed by atoms with van der Waals surface area (Å²) < 4.78 is 5.65. The standard InChI is InChI=1S/C21H21NO3/c23-13-15-7-5-6-12-22(15)21(24)25-14-20-18-10-3-1-8-16(18)17-9-2-4-11-19(17)20/h1-5,7-11,15,20,23H,6,12-14H2. The zero-order chi connectivity index (χ0) is 17.2. The molecule has 0 bridgehead atoms. The van der Waals surface area contributed by atoms with E-state index in [0.717, 1.165) is 6.42 Å². The van der Waals surface area contributed by atoms with Gasteiger partial charge < -0.3 is 9.84 Å². The van der Waals surface area contributed by atoms with E-state index in [1.54, 1.807) is 4.90 Å². The molecule has 2 aliphatic rings. The van der Waals surface area contributed by atoms with Crippen LogP contribution in [0.25, 0.3) is 11.1 Å². The molecule has 2 aromatic carbocycles. The number of ether oxygens (including phenoxy) is 1. The Labute approximate surface area is 147 Å². The van der Waals surface area contributed by atoms with Crippen molar-refractivity contribution in [2.24, 2.45) is 0 Å². The molecule has 1 unspecified atom stereocenters. The normalized spacial score (nSPS) is 18.8. The van der Waals surface area contributed by atoms with Crippen LogP contribution in [0, 0.1) is 0 Å². The molecule has 1 heterocycles. The first-order valence-corrected chi connectivity index (χ1v) is 8.68. The van der Waals surface area contributed by atoms with Crippen LogP contribution in [0.4, 0.5) is 4.79 Å². The number of rotatable bonds is 3. The number of benzene rings is 2. The summed E-state index contributed by atoms with van der Waals surface area (Å²) in [5, 5.41) is 9.45. The van der Waals surface area contributed by atoms with Crippen molar-refractivity contribution in [1.29, 1.82) is 0 Å². The van der Waals surface area contributed by atoms with Crippen LogP contribution in [-0.2, 0) is 4.74 Å². The number of hydrogen-bond acceptors (Lipinski definition) is 3. The minimum atomic E-state index is -0.356. The van der Waals surface area contributed by atoms with E-state index in [1.807, 2.05) is 36.4 Å². The van der Waals surface area contributed by atoms with E-state index in [4.69, 9.17) is 4.74 Å². The Morgan fingerprint density at radius 2 is 1.72 bits per heavy atom. The van der Waals surface area contributed by atoms with Gasteiger partial charge in [0.2, 0.25) is 0 Å². The summed E-state index contributed by atoms with van der Waals surface area (Å²) in [4.78, 5) is 14.1. The summed E-state index contributed by atoms with van der Waals surface area (Å²) in [6, 6.07) is 16.3. The topological polar surface area (TPSA) is 49.8 Å². The molecule has 1 N–H and O–H groups in total. The van der Waals surface area contributed by atoms with Gasteiger partial charge >= 0.3 is 6.09 Å². The molecule has 0 fully saturated rings. The average molecular weight is 335 g/mol. The molecule has 25 heavy (non-hydrogen) atoms. The highest BCUT2D eigenvalue weighted by Crippen LogP contribution is 2.44. The number of nitrogens with zero attached hydrogens (tertiary/aromatic N) is 1. The van der Waals surface area contributed by atoms with Crippen LogP contribution in [0.15, 0.2) is 60.7 Å². The van der Waals surface area contributed by atoms with Crippen molar-refractivity contribution in [3.05, 3.63) is 71.8 Å². The van der Waals surface area contributed by atoms with Crippen LogP contribution in [0.3, 0.4) is 0 Å². The first-order chi connectivity index (χ1) is 12.3. The quantitative estimate of drug-likeness (QED) is 0.873. The summed E-state index contributed by atoms with van der Waals surface area (Å²) in [5.41, 5.74) is 4.84. The third-order valence-electron chi connectivity index (χ3n) is 5.05. The summed E-state index contributed by atoms with van der Waals surface area (Å²) in [6.45, 7) is 0.810. The van der Waals surface area contributed by atoms with Gasteiger partial charge in [-0.3, -0.25) is 4.90 Å². The highest BCUT2D eigenvalue weighted by molar-refractivity contribution is 5.79. The number of fused-ring (bicyclic) bond motifs is 3. The van der Waals surface area contributed by atoms with Crippen molar-refractivity contribution in [3.8, 4) is 11.1 Å². The molecule has 1 amide bonds. The van der Waals surface area contributed by atoms with Gasteiger partial charge in [-0.25, -0.2) is 4.79 Å². The molecule has 1 aliphatic carbocycles. The molecule has 1 atom stereocenters. The van der Waals surface area contributed by atoms with Crippen LogP contribution < -0.4 is 0 Å². The number of carbonyl (C=O) groups excluding carboxylic acids is 1. The number of carbonyl (C=O) groups is 1. The number of amides is 1. The third kappa shape index (κ3) is 2.83. The molecule has 2 aromatic rings. The maximum atomic E-state index is 12.5. The van der Waals surface area contributed by atoms with Crippen LogP contribution in [-0.4, -0.2) is 41.9 Å². The Balaban J connectivity index is 1.53. The van der Waals surface area contributed by atoms with Crippen LogP contribution in [0.2, 0.25) is 0 Å². The summed E-state index contributed by atoms with van der Waals surface area (Å²) in [7, 11) is 0. The Bertz CT molecular complexity index is 769. The zero-order valence-corrected chi connectivity index (χ0v) is 14.0. The molecule has 0 saturated heterocycles. The van der Waals surface area contributed by atoms with Crippen LogP contribution in [0.5, 0.6) is 0 Å². The molecule has 0 spiro atoms. The van der Waals surface area contributed by atoms with Gasteiger partial charge in [0.05, 0.1) is 12.6 Å². The SMILES string of the molecule is O=C(OCC1c2ccccc2-c2ccccc21)N1CCC=CC1CO. The first kappa shape index (κ1) is 15.9. The smallest absolute Gasteiger partial charge is 0.410 e. The maximum absolute atomic E-state index is 12.5. The fourth-order valence-electron chi connectivity index (χ4n) is 3.80. The van der Waals surface area contributed by atoms with Gasteiger partial charge in [-0.05, 0) is 28.7 Å². The fraction of sp³-hybridized carbons (Fsp3) is 0.286. The zero-order valence-electron chi connectivity index (χ0n) is 14.0. The van der Waals surface area contributed by atoms with Gasteiger partial charge in [-0.15, -0.1) is 0 Å². The van der Waals surface area contributed by atoms with Crippen molar-refractivity contribution < 1.29 is 14.6 Å². The van der Waals surface area contributed by atoms with Gasteiger partial charge in [0.15, 0.2) is 0 Å². The number of aliphatic hydroxyl groups excluding tert-OH is 1. The van der Waals surface area contributed by atoms with Crippen LogP contribution >= 0.6 is 0 Å². The molecular weight excluding hydrogens is 314 g/mol. The Hall–Kier alpha value is -2.59. The molecule has 0 aromatic heterocycles. The molecule has 128 valence electrons. The van der Waals surface area contributed by atoms with Gasteiger partial charge in [0.25, 0.3) is 0 Å². The van der Waals surface area contributed by atoms with E-state index >= 15 is 0 Å². The van der Waals surface area contributed by atoms with Gasteiger partial charge in [-0.2, -0.15) is 0 Å². The van der Waals surface area contributed by atoms with Crippen LogP contribution in [0.1, 0.15) is 23.5 Å². The molecular formula is C21H21NO3. The van der Waals surface area contributed by atoms with Crippen molar-refractivity contribution in [1.82, 2.24) is 4.90 Å². The summed E-state index contributed by atoms with van der Waals surface area (Å²) in [6.07, 6.45) is 4.30. The van der Waals surface area contributed by atoms with E-state index in [0.29, 0.717) is 13.2 Å². The van der Waals surface area contributed by atoms with Crippen molar-refractivity contribution in [2.45, 2.75) is 18.4 Å². The highest BCUT2D eigenvalue weighted by atomic mass is 16.6. The monoisotopic (exact) mass is 335 g/mol. The van der Waals surface area contributed by atoms with E-state index in [-0.39, 0.29) is 24.7 Å². The van der Waals surface area contributed by atoms with E-state index in [2.05, 4.69) is 24.3 Å². The molecule has 4 heteroatoms. The van der Waals surface area contributed by atoms with Crippen molar-refractivity contribution in [3.63, 3.8) is 0 Å². The third-order valence-corrected chi connectivity index (χ3v) is 5.05. The highest BCUT2D eigenvalue weighted by Gasteiger charge is 2.30. The van der Waals surface area contributed by atoms with E-state index < -0.39 is 0 Å². The van der Waals surface area contributed by atoms with Gasteiger partial charge in [0.1, 0.15) is 6.61 Å². The fourth-order valence-corrected chi connectivity index (χ4v) is 3.80. The van der Waals surface area contributed by atoms with Gasteiger partial charge in [0, 0.05) is 12.5 Å². The lowest BCUT2D eigenvalue weighted by Crippen LogP contribution is -2.44. The molecule has 4 nitrogen and oxygen atoms in total. The Morgan fingerprint density at radius 1 is 1.08 bits per heavy atom. The number of aliphatic hydroxyl groups is 1. The second-order valence-corrected chi connectivity index (χ2v) is 6.46. The molecule has 1 aliphatic heterocycles. The summed E-state index contributed by atoms with van der Waals surface area (Å²) in [5.74, 6) is 0.0595. The van der Waals surface area contributed by atoms with Gasteiger partial charge in [-0.1, -0.05) is 60.7 Å². The molecule has 0 saturated carbocycles. The van der Waals surface area contributed by atoms with E-state index in [9.17, 15) is 9.90 Å². The molecule has 4 rings (SSSR count). The lowest BCUT2D eigenvalue weighted by atomic mass is 9.98. The minimum absolute atomic E-state index is 0.0595. The predicted molar refractivity (Wildman–Crippen MR) is 96.4 cm³/mol.